The molecule has 2 aliphatic rings. The molecule has 2 heterocycles. The van der Waals surface area contributed by atoms with Gasteiger partial charge in [0.2, 0.25) is 5.91 Å². The molecule has 2 aliphatic heterocycles. The number of nitrogens with zero attached hydrogens (tertiary/aromatic N) is 2. The van der Waals surface area contributed by atoms with Crippen molar-refractivity contribution in [3.05, 3.63) is 0 Å². The number of likely N-dealkylation sites (tertiary alicyclic amines) is 2. The molecule has 0 radical (unpaired) electrons. The van der Waals surface area contributed by atoms with E-state index in [-0.39, 0.29) is 5.92 Å². The number of rotatable bonds is 6. The predicted molar refractivity (Wildman–Crippen MR) is 85.3 cm³/mol. The second-order valence-corrected chi connectivity index (χ2v) is 6.71. The number of carbonyl (C=O) groups excluding carboxylic acids is 1. The summed E-state index contributed by atoms with van der Waals surface area (Å²) in [6.07, 6.45) is 8.39. The van der Waals surface area contributed by atoms with Gasteiger partial charge in [0.05, 0.1) is 0 Å². The lowest BCUT2D eigenvalue weighted by atomic mass is 9.98. The van der Waals surface area contributed by atoms with Gasteiger partial charge in [-0.1, -0.05) is 13.3 Å². The van der Waals surface area contributed by atoms with Gasteiger partial charge >= 0.3 is 0 Å². The maximum atomic E-state index is 12.6. The summed E-state index contributed by atoms with van der Waals surface area (Å²) in [5.74, 6) is 0.494. The van der Waals surface area contributed by atoms with Crippen molar-refractivity contribution in [2.45, 2.75) is 57.9 Å². The molecule has 2 fully saturated rings. The van der Waals surface area contributed by atoms with Gasteiger partial charge in [0.1, 0.15) is 0 Å². The van der Waals surface area contributed by atoms with E-state index in [9.17, 15) is 4.79 Å². The van der Waals surface area contributed by atoms with Gasteiger partial charge < -0.3 is 9.64 Å². The van der Waals surface area contributed by atoms with Crippen LogP contribution in [0.15, 0.2) is 0 Å². The Labute approximate surface area is 129 Å². The summed E-state index contributed by atoms with van der Waals surface area (Å²) < 4.78 is 5.08. The Morgan fingerprint density at radius 3 is 2.67 bits per heavy atom. The molecule has 4 nitrogen and oxygen atoms in total. The van der Waals surface area contributed by atoms with Crippen LogP contribution in [0.2, 0.25) is 0 Å². The molecule has 2 rings (SSSR count). The molecule has 4 heteroatoms. The number of amides is 1. The molecule has 2 atom stereocenters. The van der Waals surface area contributed by atoms with Crippen molar-refractivity contribution in [3.63, 3.8) is 0 Å². The Balaban J connectivity index is 1.80. The molecule has 0 N–H and O–H groups in total. The average molecular weight is 296 g/mol. The molecule has 0 aliphatic carbocycles. The third-order valence-electron chi connectivity index (χ3n) is 5.02. The van der Waals surface area contributed by atoms with E-state index in [1.165, 1.54) is 38.8 Å². The minimum atomic E-state index is 0.139. The summed E-state index contributed by atoms with van der Waals surface area (Å²) in [4.78, 5) is 17.3. The maximum Gasteiger partial charge on any atom is 0.225 e. The zero-order valence-corrected chi connectivity index (χ0v) is 13.9. The zero-order valence-electron chi connectivity index (χ0n) is 13.9. The number of hydrogen-bond donors (Lipinski definition) is 0. The third kappa shape index (κ3) is 4.96. The van der Waals surface area contributed by atoms with Crippen LogP contribution in [0, 0.1) is 5.92 Å². The van der Waals surface area contributed by atoms with Crippen molar-refractivity contribution in [1.82, 2.24) is 9.80 Å². The van der Waals surface area contributed by atoms with E-state index in [1.807, 2.05) is 0 Å². The largest absolute Gasteiger partial charge is 0.385 e. The van der Waals surface area contributed by atoms with Crippen molar-refractivity contribution < 1.29 is 9.53 Å². The van der Waals surface area contributed by atoms with E-state index in [0.29, 0.717) is 11.9 Å². The molecule has 0 aromatic rings. The fraction of sp³-hybridized carbons (Fsp3) is 0.941. The van der Waals surface area contributed by atoms with Gasteiger partial charge in [-0.15, -0.1) is 0 Å². The maximum absolute atomic E-state index is 12.6. The lowest BCUT2D eigenvalue weighted by Gasteiger charge is -2.41. The molecule has 122 valence electrons. The standard InChI is InChI=1S/C17H32N2O2/c1-15(8-7-13-21-2)17(20)19-12-6-9-16(14-19)18-10-4-3-5-11-18/h15-16H,3-14H2,1-2H3/t15-,16-/m1/s1. The first-order chi connectivity index (χ1) is 10.2. The lowest BCUT2D eigenvalue weighted by Crippen LogP contribution is -2.52. The van der Waals surface area contributed by atoms with Crippen LogP contribution >= 0.6 is 0 Å². The monoisotopic (exact) mass is 296 g/mol. The first-order valence-corrected chi connectivity index (χ1v) is 8.74. The van der Waals surface area contributed by atoms with Gasteiger partial charge in [-0.05, 0) is 51.6 Å². The van der Waals surface area contributed by atoms with Gasteiger partial charge in [-0.25, -0.2) is 0 Å². The fourth-order valence-corrected chi connectivity index (χ4v) is 3.71. The molecule has 0 aromatic carbocycles. The molecule has 21 heavy (non-hydrogen) atoms. The topological polar surface area (TPSA) is 32.8 Å². The van der Waals surface area contributed by atoms with E-state index in [0.717, 1.165) is 39.0 Å². The van der Waals surface area contributed by atoms with E-state index >= 15 is 0 Å². The molecule has 0 bridgehead atoms. The number of hydrogen-bond acceptors (Lipinski definition) is 3. The Morgan fingerprint density at radius 1 is 1.19 bits per heavy atom. The highest BCUT2D eigenvalue weighted by atomic mass is 16.5. The molecule has 0 spiro atoms. The summed E-state index contributed by atoms with van der Waals surface area (Å²) in [7, 11) is 1.72. The second-order valence-electron chi connectivity index (χ2n) is 6.71. The third-order valence-corrected chi connectivity index (χ3v) is 5.02. The average Bonchev–Trinajstić information content (AvgIpc) is 2.55. The van der Waals surface area contributed by atoms with Crippen LogP contribution in [0.3, 0.4) is 0 Å². The van der Waals surface area contributed by atoms with Crippen LogP contribution in [-0.4, -0.2) is 61.6 Å². The van der Waals surface area contributed by atoms with Crippen molar-refractivity contribution in [2.75, 3.05) is 39.9 Å². The Morgan fingerprint density at radius 2 is 1.95 bits per heavy atom. The lowest BCUT2D eigenvalue weighted by molar-refractivity contribution is -0.137. The molecule has 1 amide bonds. The van der Waals surface area contributed by atoms with Crippen molar-refractivity contribution in [1.29, 1.82) is 0 Å². The molecule has 0 aromatic heterocycles. The van der Waals surface area contributed by atoms with E-state index in [1.54, 1.807) is 7.11 Å². The van der Waals surface area contributed by atoms with E-state index < -0.39 is 0 Å². The zero-order chi connectivity index (χ0) is 15.1. The van der Waals surface area contributed by atoms with Crippen molar-refractivity contribution >= 4 is 5.91 Å². The molecule has 0 unspecified atom stereocenters. The Hall–Kier alpha value is -0.610. The Bertz CT molecular complexity index is 316. The number of piperidine rings is 2. The predicted octanol–water partition coefficient (Wildman–Crippen LogP) is 2.53. The number of methoxy groups -OCH3 is 1. The molecule has 0 saturated carbocycles. The van der Waals surface area contributed by atoms with Crippen molar-refractivity contribution in [3.8, 4) is 0 Å². The van der Waals surface area contributed by atoms with Gasteiger partial charge in [0, 0.05) is 38.8 Å². The summed E-state index contributed by atoms with van der Waals surface area (Å²) in [5, 5.41) is 0. The second kappa shape index (κ2) is 8.74. The van der Waals surface area contributed by atoms with Gasteiger partial charge in [0.25, 0.3) is 0 Å². The highest BCUT2D eigenvalue weighted by molar-refractivity contribution is 5.78. The minimum Gasteiger partial charge on any atom is -0.385 e. The highest BCUT2D eigenvalue weighted by Crippen LogP contribution is 2.22. The van der Waals surface area contributed by atoms with Crippen LogP contribution in [0.4, 0.5) is 0 Å². The fourth-order valence-electron chi connectivity index (χ4n) is 3.71. The SMILES string of the molecule is COCCC[C@@H](C)C(=O)N1CCC[C@@H](N2CCCCC2)C1. The van der Waals surface area contributed by atoms with E-state index in [2.05, 4.69) is 16.7 Å². The van der Waals surface area contributed by atoms with Gasteiger partial charge in [-0.2, -0.15) is 0 Å². The van der Waals surface area contributed by atoms with Crippen LogP contribution in [0.25, 0.3) is 0 Å². The number of carbonyl (C=O) groups is 1. The Kier molecular flexibility index (Phi) is 6.97. The summed E-state index contributed by atoms with van der Waals surface area (Å²) in [5.41, 5.74) is 0. The molecular weight excluding hydrogens is 264 g/mol. The first-order valence-electron chi connectivity index (χ1n) is 8.74. The minimum absolute atomic E-state index is 0.139. The highest BCUT2D eigenvalue weighted by Gasteiger charge is 2.30. The summed E-state index contributed by atoms with van der Waals surface area (Å²) in [6, 6.07) is 0.606. The van der Waals surface area contributed by atoms with Crippen LogP contribution in [0.5, 0.6) is 0 Å². The smallest absolute Gasteiger partial charge is 0.225 e. The van der Waals surface area contributed by atoms with E-state index in [4.69, 9.17) is 4.74 Å². The summed E-state index contributed by atoms with van der Waals surface area (Å²) in [6.45, 7) is 7.20. The molecule has 2 saturated heterocycles. The molecular formula is C17H32N2O2. The first kappa shape index (κ1) is 16.8. The number of ether oxygens (including phenoxy) is 1. The summed E-state index contributed by atoms with van der Waals surface area (Å²) >= 11 is 0. The quantitative estimate of drug-likeness (QED) is 0.706. The van der Waals surface area contributed by atoms with Crippen LogP contribution in [-0.2, 0) is 9.53 Å². The van der Waals surface area contributed by atoms with Crippen LogP contribution < -0.4 is 0 Å². The van der Waals surface area contributed by atoms with Gasteiger partial charge in [-0.3, -0.25) is 9.69 Å². The van der Waals surface area contributed by atoms with Crippen LogP contribution in [0.1, 0.15) is 51.9 Å². The van der Waals surface area contributed by atoms with Gasteiger partial charge in [0.15, 0.2) is 0 Å². The van der Waals surface area contributed by atoms with Crippen molar-refractivity contribution in [2.24, 2.45) is 5.92 Å². The normalized spacial score (nSPS) is 25.8.